The molecular formula is C31H29FN6O4S. The highest BCUT2D eigenvalue weighted by Gasteiger charge is 2.40. The third-order valence-corrected chi connectivity index (χ3v) is 10.4. The molecule has 10 nitrogen and oxygen atoms in total. The van der Waals surface area contributed by atoms with Crippen LogP contribution in [0.3, 0.4) is 0 Å². The van der Waals surface area contributed by atoms with Gasteiger partial charge in [-0.25, -0.2) is 22.5 Å². The Hall–Kier alpha value is -4.58. The third-order valence-electron chi connectivity index (χ3n) is 8.60. The van der Waals surface area contributed by atoms with Crippen molar-refractivity contribution in [2.75, 3.05) is 18.4 Å². The molecule has 4 aromatic rings. The fourth-order valence-electron chi connectivity index (χ4n) is 6.03. The molecule has 2 fully saturated rings. The average molecular weight is 601 g/mol. The normalized spacial score (nSPS) is 17.3. The van der Waals surface area contributed by atoms with Gasteiger partial charge in [-0.05, 0) is 61.4 Å². The Kier molecular flexibility index (Phi) is 6.35. The lowest BCUT2D eigenvalue weighted by Crippen LogP contribution is -2.44. The van der Waals surface area contributed by atoms with Gasteiger partial charge in [0.1, 0.15) is 22.8 Å². The average Bonchev–Trinajstić information content (AvgIpc) is 3.69. The first-order valence-corrected chi connectivity index (χ1v) is 15.7. The van der Waals surface area contributed by atoms with Gasteiger partial charge in [-0.15, -0.1) is 0 Å². The molecule has 1 saturated heterocycles. The molecule has 2 N–H and O–H groups in total. The van der Waals surface area contributed by atoms with Gasteiger partial charge in [0.05, 0.1) is 17.1 Å². The van der Waals surface area contributed by atoms with Crippen molar-refractivity contribution in [2.24, 2.45) is 0 Å². The van der Waals surface area contributed by atoms with Crippen LogP contribution in [0.2, 0.25) is 0 Å². The van der Waals surface area contributed by atoms with E-state index in [4.69, 9.17) is 0 Å². The number of carbonyl (C=O) groups is 2. The Morgan fingerprint density at radius 3 is 2.58 bits per heavy atom. The maximum atomic E-state index is 14.9. The maximum Gasteiger partial charge on any atom is 0.270 e. The van der Waals surface area contributed by atoms with Crippen molar-refractivity contribution in [1.82, 2.24) is 24.2 Å². The summed E-state index contributed by atoms with van der Waals surface area (Å²) in [6.07, 6.45) is 9.40. The van der Waals surface area contributed by atoms with Gasteiger partial charge in [-0.3, -0.25) is 9.59 Å². The second-order valence-corrected chi connectivity index (χ2v) is 13.4. The van der Waals surface area contributed by atoms with Gasteiger partial charge in [0, 0.05) is 24.7 Å². The summed E-state index contributed by atoms with van der Waals surface area (Å²) < 4.78 is 43.0. The molecule has 220 valence electrons. The topological polar surface area (TPSA) is 126 Å². The molecule has 0 unspecified atom stereocenters. The number of rotatable bonds is 6. The molecule has 3 heterocycles. The first-order valence-electron chi connectivity index (χ1n) is 14.2. The van der Waals surface area contributed by atoms with Gasteiger partial charge in [-0.2, -0.15) is 9.61 Å². The summed E-state index contributed by atoms with van der Waals surface area (Å²) in [5.74, 6) is -1.60. The van der Waals surface area contributed by atoms with Crippen LogP contribution >= 0.6 is 0 Å². The number of sulfonamides is 1. The van der Waals surface area contributed by atoms with Crippen LogP contribution in [0.5, 0.6) is 0 Å². The number of carbonyl (C=O) groups excluding carboxylic acids is 2. The number of piperidine rings is 1. The van der Waals surface area contributed by atoms with Crippen LogP contribution in [-0.2, 0) is 15.4 Å². The highest BCUT2D eigenvalue weighted by Crippen LogP contribution is 2.44. The highest BCUT2D eigenvalue weighted by atomic mass is 32.2. The monoisotopic (exact) mass is 600 g/mol. The smallest absolute Gasteiger partial charge is 0.270 e. The van der Waals surface area contributed by atoms with Crippen LogP contribution in [0, 0.1) is 12.7 Å². The number of benzene rings is 2. The zero-order valence-electron chi connectivity index (χ0n) is 23.4. The molecular weight excluding hydrogens is 571 g/mol. The van der Waals surface area contributed by atoms with E-state index in [9.17, 15) is 22.4 Å². The molecule has 0 atom stereocenters. The number of anilines is 2. The number of nitrogens with one attached hydrogen (secondary N) is 2. The fraction of sp³-hybridized carbons (Fsp3) is 0.290. The summed E-state index contributed by atoms with van der Waals surface area (Å²) in [7, 11) is -3.81. The number of hydrogen-bond donors (Lipinski definition) is 2. The Morgan fingerprint density at radius 1 is 1.05 bits per heavy atom. The summed E-state index contributed by atoms with van der Waals surface area (Å²) in [5.41, 5.74) is 3.35. The van der Waals surface area contributed by atoms with Crippen LogP contribution in [0.4, 0.5) is 15.9 Å². The lowest BCUT2D eigenvalue weighted by Gasteiger charge is -2.39. The van der Waals surface area contributed by atoms with E-state index in [1.165, 1.54) is 34.1 Å². The summed E-state index contributed by atoms with van der Waals surface area (Å²) in [6.45, 7) is 2.81. The molecule has 2 aromatic carbocycles. The van der Waals surface area contributed by atoms with Crippen LogP contribution < -0.4 is 10.0 Å². The van der Waals surface area contributed by atoms with Gasteiger partial charge < -0.3 is 10.2 Å². The van der Waals surface area contributed by atoms with Gasteiger partial charge in [-0.1, -0.05) is 42.5 Å². The molecule has 12 heteroatoms. The number of nitrogens with zero attached hydrogens (tertiary/aromatic N) is 4. The minimum atomic E-state index is -3.81. The Bertz CT molecular complexity index is 1940. The quantitative estimate of drug-likeness (QED) is 0.337. The number of hydrogen-bond acceptors (Lipinski definition) is 7. The van der Waals surface area contributed by atoms with Gasteiger partial charge in [0.25, 0.3) is 11.8 Å². The second-order valence-electron chi connectivity index (χ2n) is 11.5. The fourth-order valence-corrected chi connectivity index (χ4v) is 7.32. The van der Waals surface area contributed by atoms with E-state index in [1.54, 1.807) is 17.0 Å². The van der Waals surface area contributed by atoms with Crippen LogP contribution in [-0.4, -0.2) is 58.1 Å². The first kappa shape index (κ1) is 27.3. The summed E-state index contributed by atoms with van der Waals surface area (Å²) in [4.78, 5) is 33.1. The standard InChI is InChI=1S/C31H29FN6O4S/c1-19-6-9-25(32)26(16-19)35-28-23(17-33-27-22(18-34-38(27)28)29(39)36-43(41,42)21-7-8-21)30(40)37-14-12-31(13-15-37)11-10-20-4-2-3-5-24(20)31/h2-6,9-11,16-18,21,35H,7-8,12-15H2,1H3,(H,36,39). The van der Waals surface area contributed by atoms with Crippen molar-refractivity contribution in [3.05, 3.63) is 94.6 Å². The number of likely N-dealkylation sites (tertiary alicyclic amines) is 1. The van der Waals surface area contributed by atoms with Crippen molar-refractivity contribution >= 4 is 45.1 Å². The zero-order chi connectivity index (χ0) is 29.9. The Balaban J connectivity index is 1.23. The molecule has 1 saturated carbocycles. The van der Waals surface area contributed by atoms with Crippen molar-refractivity contribution in [2.45, 2.75) is 43.3 Å². The third kappa shape index (κ3) is 4.75. The molecule has 2 aromatic heterocycles. The first-order chi connectivity index (χ1) is 20.6. The van der Waals surface area contributed by atoms with Gasteiger partial charge in [0.15, 0.2) is 5.65 Å². The molecule has 1 spiro atoms. The summed E-state index contributed by atoms with van der Waals surface area (Å²) in [5, 5.41) is 6.71. The Labute approximate surface area is 247 Å². The predicted octanol–water partition coefficient (Wildman–Crippen LogP) is 4.34. The molecule has 0 bridgehead atoms. The highest BCUT2D eigenvalue weighted by molar-refractivity contribution is 7.91. The van der Waals surface area contributed by atoms with Crippen molar-refractivity contribution in [3.8, 4) is 0 Å². The SMILES string of the molecule is Cc1ccc(F)c(Nc2c(C(=O)N3CCC4(C=Cc5ccccc54)CC3)cnc3c(C(=O)NS(=O)(=O)C4CC4)cnn23)c1. The molecule has 2 amide bonds. The van der Waals surface area contributed by atoms with Crippen LogP contribution in [0.15, 0.2) is 60.9 Å². The molecule has 7 rings (SSSR count). The number of fused-ring (bicyclic) bond motifs is 3. The largest absolute Gasteiger partial charge is 0.338 e. The molecule has 1 aliphatic heterocycles. The van der Waals surface area contributed by atoms with E-state index in [0.29, 0.717) is 25.9 Å². The van der Waals surface area contributed by atoms with Crippen LogP contribution in [0.25, 0.3) is 11.7 Å². The summed E-state index contributed by atoms with van der Waals surface area (Å²) >= 11 is 0. The molecule has 3 aliphatic rings. The van der Waals surface area contributed by atoms with E-state index >= 15 is 0 Å². The molecule has 2 aliphatic carbocycles. The van der Waals surface area contributed by atoms with Gasteiger partial charge >= 0.3 is 0 Å². The number of allylic oxidation sites excluding steroid dienone is 1. The Morgan fingerprint density at radius 2 is 1.81 bits per heavy atom. The van der Waals surface area contributed by atoms with E-state index in [0.717, 1.165) is 18.4 Å². The predicted molar refractivity (Wildman–Crippen MR) is 159 cm³/mol. The zero-order valence-corrected chi connectivity index (χ0v) is 24.2. The van der Waals surface area contributed by atoms with Gasteiger partial charge in [0.2, 0.25) is 10.0 Å². The minimum Gasteiger partial charge on any atom is -0.338 e. The van der Waals surface area contributed by atoms with E-state index in [2.05, 4.69) is 44.4 Å². The minimum absolute atomic E-state index is 0.0286. The number of amides is 2. The lowest BCUT2D eigenvalue weighted by molar-refractivity contribution is 0.0690. The van der Waals surface area contributed by atoms with E-state index < -0.39 is 27.0 Å². The number of halogens is 1. The van der Waals surface area contributed by atoms with E-state index in [1.807, 2.05) is 19.1 Å². The van der Waals surface area contributed by atoms with Crippen molar-refractivity contribution < 1.29 is 22.4 Å². The van der Waals surface area contributed by atoms with E-state index in [-0.39, 0.29) is 39.6 Å². The number of aromatic nitrogens is 3. The molecule has 43 heavy (non-hydrogen) atoms. The van der Waals surface area contributed by atoms with Crippen molar-refractivity contribution in [3.63, 3.8) is 0 Å². The summed E-state index contributed by atoms with van der Waals surface area (Å²) in [6, 6.07) is 12.8. The second kappa shape index (κ2) is 10.0. The number of aryl methyl sites for hydroxylation is 1. The van der Waals surface area contributed by atoms with Crippen molar-refractivity contribution in [1.29, 1.82) is 0 Å². The molecule has 0 radical (unpaired) electrons. The van der Waals surface area contributed by atoms with Crippen LogP contribution in [0.1, 0.15) is 63.1 Å². The maximum absolute atomic E-state index is 14.9. The lowest BCUT2D eigenvalue weighted by atomic mass is 9.74.